The highest BCUT2D eigenvalue weighted by atomic mass is 32.2. The molecule has 1 aromatic heterocycles. The molecule has 1 aromatic carbocycles. The Hall–Kier alpha value is -1.60. The van der Waals surface area contributed by atoms with Crippen molar-refractivity contribution in [1.29, 1.82) is 0 Å². The van der Waals surface area contributed by atoms with E-state index >= 15 is 0 Å². The molecule has 2 aromatic rings. The van der Waals surface area contributed by atoms with Crippen LogP contribution in [0, 0.1) is 5.82 Å². The molecule has 118 valence electrons. The van der Waals surface area contributed by atoms with Crippen LogP contribution in [0.3, 0.4) is 0 Å². The van der Waals surface area contributed by atoms with Gasteiger partial charge in [-0.15, -0.1) is 5.10 Å². The average molecular weight is 322 g/mol. The zero-order valence-electron chi connectivity index (χ0n) is 12.7. The topological polar surface area (TPSA) is 52.0 Å². The Bertz CT molecular complexity index is 655. The summed E-state index contributed by atoms with van der Waals surface area (Å²) in [5.74, 6) is 0.374. The number of thioether (sulfide) groups is 1. The van der Waals surface area contributed by atoms with Crippen LogP contribution >= 0.6 is 11.8 Å². The third-order valence-electron chi connectivity index (χ3n) is 4.03. The number of aryl methyl sites for hydroxylation is 1. The Labute approximate surface area is 133 Å². The quantitative estimate of drug-likeness (QED) is 0.857. The van der Waals surface area contributed by atoms with Crippen molar-refractivity contribution in [3.63, 3.8) is 0 Å². The minimum Gasteiger partial charge on any atom is -0.380 e. The number of aromatic nitrogens is 3. The van der Waals surface area contributed by atoms with Gasteiger partial charge in [0.1, 0.15) is 5.82 Å². The van der Waals surface area contributed by atoms with Crippen molar-refractivity contribution in [3.05, 3.63) is 35.6 Å². The van der Waals surface area contributed by atoms with Crippen LogP contribution in [0.4, 0.5) is 10.3 Å². The number of ether oxygens (including phenoxy) is 1. The summed E-state index contributed by atoms with van der Waals surface area (Å²) in [6, 6.07) is 6.76. The zero-order chi connectivity index (χ0) is 15.6. The molecule has 3 rings (SSSR count). The second kappa shape index (κ2) is 6.26. The first-order valence-corrected chi connectivity index (χ1v) is 8.38. The monoisotopic (exact) mass is 322 g/mol. The molecule has 2 heterocycles. The predicted molar refractivity (Wildman–Crippen MR) is 84.8 cm³/mol. The van der Waals surface area contributed by atoms with E-state index in [2.05, 4.69) is 15.4 Å². The van der Waals surface area contributed by atoms with Crippen LogP contribution < -0.4 is 5.32 Å². The minimum atomic E-state index is -0.235. The number of halogens is 1. The molecule has 1 unspecified atom stereocenters. The summed E-state index contributed by atoms with van der Waals surface area (Å²) in [4.78, 5) is 4.42. The third kappa shape index (κ3) is 2.96. The molecule has 1 fully saturated rings. The van der Waals surface area contributed by atoms with Crippen molar-refractivity contribution in [2.24, 2.45) is 7.05 Å². The number of benzene rings is 1. The van der Waals surface area contributed by atoms with Gasteiger partial charge in [0.05, 0.1) is 6.61 Å². The Morgan fingerprint density at radius 3 is 3.00 bits per heavy atom. The summed E-state index contributed by atoms with van der Waals surface area (Å²) in [7, 11) is 1.87. The first-order chi connectivity index (χ1) is 10.6. The molecule has 1 aliphatic heterocycles. The van der Waals surface area contributed by atoms with Crippen LogP contribution in [0.5, 0.6) is 0 Å². The number of hydrogen-bond donors (Lipinski definition) is 1. The lowest BCUT2D eigenvalue weighted by Crippen LogP contribution is -2.35. The first-order valence-electron chi connectivity index (χ1n) is 7.16. The molecule has 1 N–H and O–H groups in total. The van der Waals surface area contributed by atoms with E-state index in [1.165, 1.54) is 6.07 Å². The van der Waals surface area contributed by atoms with E-state index in [0.29, 0.717) is 25.7 Å². The summed E-state index contributed by atoms with van der Waals surface area (Å²) in [5, 5.41) is 8.48. The molecular formula is C15H19FN4OS. The van der Waals surface area contributed by atoms with E-state index in [4.69, 9.17) is 4.74 Å². The molecular weight excluding hydrogens is 303 g/mol. The van der Waals surface area contributed by atoms with E-state index < -0.39 is 0 Å². The Morgan fingerprint density at radius 2 is 2.36 bits per heavy atom. The van der Waals surface area contributed by atoms with Gasteiger partial charge < -0.3 is 10.1 Å². The van der Waals surface area contributed by atoms with Crippen LogP contribution in [0.15, 0.2) is 29.4 Å². The van der Waals surface area contributed by atoms with Crippen molar-refractivity contribution in [1.82, 2.24) is 14.8 Å². The van der Waals surface area contributed by atoms with Gasteiger partial charge >= 0.3 is 0 Å². The first kappa shape index (κ1) is 15.3. The molecule has 1 atom stereocenters. The van der Waals surface area contributed by atoms with Gasteiger partial charge in [-0.3, -0.25) is 0 Å². The number of anilines is 1. The maximum atomic E-state index is 13.6. The summed E-state index contributed by atoms with van der Waals surface area (Å²) in [6.45, 7) is 1.88. The number of nitrogens with one attached hydrogen (secondary N) is 1. The van der Waals surface area contributed by atoms with Gasteiger partial charge in [0.25, 0.3) is 0 Å². The molecule has 0 amide bonds. The number of rotatable bonds is 5. The van der Waals surface area contributed by atoms with Crippen LogP contribution in [0.2, 0.25) is 0 Å². The standard InChI is InChI=1S/C15H19FN4OS/c1-20-14(22-2)18-13(19-20)17-9-15(6-7-21-10-15)11-4-3-5-12(16)8-11/h3-5,8H,6-7,9-10H2,1-2H3,(H,17,19). The van der Waals surface area contributed by atoms with Crippen molar-refractivity contribution >= 4 is 17.7 Å². The third-order valence-corrected chi connectivity index (χ3v) is 4.75. The number of hydrogen-bond acceptors (Lipinski definition) is 5. The predicted octanol–water partition coefficient (Wildman–Crippen LogP) is 2.45. The van der Waals surface area contributed by atoms with Gasteiger partial charge in [-0.2, -0.15) is 4.98 Å². The second-order valence-corrected chi connectivity index (χ2v) is 6.27. The van der Waals surface area contributed by atoms with Crippen LogP contribution in [0.1, 0.15) is 12.0 Å². The molecule has 0 bridgehead atoms. The fraction of sp³-hybridized carbons (Fsp3) is 0.467. The lowest BCUT2D eigenvalue weighted by molar-refractivity contribution is 0.179. The van der Waals surface area contributed by atoms with Gasteiger partial charge in [0, 0.05) is 25.6 Å². The SMILES string of the molecule is CSc1nc(NCC2(c3cccc(F)c3)CCOC2)nn1C. The Kier molecular flexibility index (Phi) is 4.35. The molecule has 0 saturated carbocycles. The molecule has 0 aliphatic carbocycles. The van der Waals surface area contributed by atoms with Crippen LogP contribution in [0.25, 0.3) is 0 Å². The highest BCUT2D eigenvalue weighted by Gasteiger charge is 2.37. The fourth-order valence-corrected chi connectivity index (χ4v) is 3.25. The Morgan fingerprint density at radius 1 is 1.50 bits per heavy atom. The summed E-state index contributed by atoms with van der Waals surface area (Å²) in [5.41, 5.74) is 0.722. The fourth-order valence-electron chi connectivity index (χ4n) is 2.77. The van der Waals surface area contributed by atoms with Crippen LogP contribution in [-0.4, -0.2) is 40.8 Å². The van der Waals surface area contributed by atoms with Gasteiger partial charge in [-0.25, -0.2) is 9.07 Å². The van der Waals surface area contributed by atoms with Crippen molar-refractivity contribution in [2.75, 3.05) is 31.3 Å². The zero-order valence-corrected chi connectivity index (χ0v) is 13.5. The summed E-state index contributed by atoms with van der Waals surface area (Å²) >= 11 is 1.55. The van der Waals surface area contributed by atoms with Gasteiger partial charge in [0.15, 0.2) is 5.16 Å². The largest absolute Gasteiger partial charge is 0.380 e. The average Bonchev–Trinajstić information content (AvgIpc) is 3.12. The molecule has 5 nitrogen and oxygen atoms in total. The van der Waals surface area contributed by atoms with E-state index in [1.807, 2.05) is 19.4 Å². The summed E-state index contributed by atoms with van der Waals surface area (Å²) < 4.78 is 20.9. The van der Waals surface area contributed by atoms with Gasteiger partial charge in [-0.1, -0.05) is 23.9 Å². The van der Waals surface area contributed by atoms with Crippen molar-refractivity contribution in [3.8, 4) is 0 Å². The molecule has 22 heavy (non-hydrogen) atoms. The van der Waals surface area contributed by atoms with Crippen molar-refractivity contribution < 1.29 is 9.13 Å². The second-order valence-electron chi connectivity index (χ2n) is 5.49. The normalized spacial score (nSPS) is 21.2. The lowest BCUT2D eigenvalue weighted by atomic mass is 9.79. The van der Waals surface area contributed by atoms with E-state index in [9.17, 15) is 4.39 Å². The van der Waals surface area contributed by atoms with E-state index in [-0.39, 0.29) is 11.2 Å². The van der Waals surface area contributed by atoms with Gasteiger partial charge in [-0.05, 0) is 30.4 Å². The molecule has 1 saturated heterocycles. The minimum absolute atomic E-state index is 0.218. The molecule has 0 spiro atoms. The molecule has 7 heteroatoms. The van der Waals surface area contributed by atoms with E-state index in [0.717, 1.165) is 17.1 Å². The molecule has 0 radical (unpaired) electrons. The lowest BCUT2D eigenvalue weighted by Gasteiger charge is -2.28. The smallest absolute Gasteiger partial charge is 0.243 e. The highest BCUT2D eigenvalue weighted by Crippen LogP contribution is 2.33. The number of nitrogens with zero attached hydrogens (tertiary/aromatic N) is 3. The Balaban J connectivity index is 1.80. The maximum Gasteiger partial charge on any atom is 0.243 e. The maximum absolute atomic E-state index is 13.6. The van der Waals surface area contributed by atoms with E-state index in [1.54, 1.807) is 28.6 Å². The van der Waals surface area contributed by atoms with Crippen molar-refractivity contribution in [2.45, 2.75) is 17.0 Å². The summed E-state index contributed by atoms with van der Waals surface area (Å²) in [6.07, 6.45) is 2.82. The highest BCUT2D eigenvalue weighted by molar-refractivity contribution is 7.98. The van der Waals surface area contributed by atoms with Gasteiger partial charge in [0.2, 0.25) is 5.95 Å². The van der Waals surface area contributed by atoms with Crippen LogP contribution in [-0.2, 0) is 17.2 Å². The molecule has 1 aliphatic rings.